The molecule has 5 heteroatoms. The number of carbonyl (C=O) groups is 2. The van der Waals surface area contributed by atoms with Crippen molar-refractivity contribution in [3.63, 3.8) is 0 Å². The fraction of sp³-hybridized carbons (Fsp3) is 0.250. The molecule has 0 unspecified atom stereocenters. The summed E-state index contributed by atoms with van der Waals surface area (Å²) >= 11 is 0. The molecule has 5 nitrogen and oxygen atoms in total. The smallest absolute Gasteiger partial charge is 0.311 e. The first-order valence-corrected chi connectivity index (χ1v) is 3.78. The minimum Gasteiger partial charge on any atom is -0.367 e. The van der Waals surface area contributed by atoms with Gasteiger partial charge in [-0.2, -0.15) is 0 Å². The van der Waals surface area contributed by atoms with Crippen molar-refractivity contribution in [3.8, 4) is 0 Å². The highest BCUT2D eigenvalue weighted by Crippen LogP contribution is 2.00. The lowest BCUT2D eigenvalue weighted by atomic mass is 10.3. The van der Waals surface area contributed by atoms with Gasteiger partial charge in [0.1, 0.15) is 0 Å². The number of hydrogen-bond acceptors (Lipinski definition) is 2. The van der Waals surface area contributed by atoms with Gasteiger partial charge >= 0.3 is 11.8 Å². The Hall–Kier alpha value is -1.78. The number of rotatable bonds is 2. The van der Waals surface area contributed by atoms with Crippen LogP contribution in [0.1, 0.15) is 5.56 Å². The molecule has 0 radical (unpaired) electrons. The van der Waals surface area contributed by atoms with E-state index >= 15 is 0 Å². The van der Waals surface area contributed by atoms with Crippen molar-refractivity contribution < 1.29 is 9.59 Å². The van der Waals surface area contributed by atoms with E-state index in [0.29, 0.717) is 6.54 Å². The fourth-order valence-electron chi connectivity index (χ4n) is 0.991. The van der Waals surface area contributed by atoms with Crippen LogP contribution in [0.5, 0.6) is 0 Å². The summed E-state index contributed by atoms with van der Waals surface area (Å²) in [6.07, 6.45) is 3.50. The van der Waals surface area contributed by atoms with Crippen molar-refractivity contribution in [1.29, 1.82) is 0 Å². The van der Waals surface area contributed by atoms with Gasteiger partial charge in [0.25, 0.3) is 0 Å². The van der Waals surface area contributed by atoms with Crippen molar-refractivity contribution in [1.82, 2.24) is 9.88 Å². The second-order valence-corrected chi connectivity index (χ2v) is 2.74. The third-order valence-corrected chi connectivity index (χ3v) is 1.64. The van der Waals surface area contributed by atoms with Crippen LogP contribution in [0, 0.1) is 0 Å². The molecular weight excluding hydrogens is 170 g/mol. The summed E-state index contributed by atoms with van der Waals surface area (Å²) in [4.78, 5) is 25.6. The summed E-state index contributed by atoms with van der Waals surface area (Å²) < 4.78 is 0. The highest BCUT2D eigenvalue weighted by atomic mass is 16.2. The van der Waals surface area contributed by atoms with Crippen LogP contribution >= 0.6 is 0 Å². The van der Waals surface area contributed by atoms with Crippen LogP contribution in [0.2, 0.25) is 0 Å². The number of H-pyrrole nitrogens is 1. The maximum atomic E-state index is 11.0. The summed E-state index contributed by atoms with van der Waals surface area (Å²) in [5.41, 5.74) is 5.76. The van der Waals surface area contributed by atoms with E-state index in [2.05, 4.69) is 4.98 Å². The normalized spacial score (nSPS) is 9.62. The average Bonchev–Trinajstić information content (AvgIpc) is 2.55. The van der Waals surface area contributed by atoms with Crippen LogP contribution < -0.4 is 5.73 Å². The molecule has 0 aliphatic carbocycles. The first-order chi connectivity index (χ1) is 6.11. The van der Waals surface area contributed by atoms with E-state index in [1.54, 1.807) is 12.4 Å². The Balaban J connectivity index is 2.55. The molecule has 0 aliphatic heterocycles. The molecule has 0 spiro atoms. The van der Waals surface area contributed by atoms with Gasteiger partial charge in [-0.3, -0.25) is 9.59 Å². The predicted octanol–water partition coefficient (Wildman–Crippen LogP) is -0.542. The second-order valence-electron chi connectivity index (χ2n) is 2.74. The van der Waals surface area contributed by atoms with Gasteiger partial charge in [-0.05, 0) is 11.6 Å². The largest absolute Gasteiger partial charge is 0.367 e. The number of hydrogen-bond donors (Lipinski definition) is 2. The van der Waals surface area contributed by atoms with E-state index in [-0.39, 0.29) is 0 Å². The van der Waals surface area contributed by atoms with Gasteiger partial charge < -0.3 is 15.6 Å². The zero-order chi connectivity index (χ0) is 9.84. The number of likely N-dealkylation sites (N-methyl/N-ethyl adjacent to an activating group) is 1. The number of carbonyl (C=O) groups excluding carboxylic acids is 2. The van der Waals surface area contributed by atoms with Crippen molar-refractivity contribution in [3.05, 3.63) is 24.0 Å². The van der Waals surface area contributed by atoms with Crippen molar-refractivity contribution in [2.75, 3.05) is 7.05 Å². The molecule has 0 saturated carbocycles. The molecule has 3 N–H and O–H groups in total. The number of nitrogens with one attached hydrogen (secondary N) is 1. The van der Waals surface area contributed by atoms with Gasteiger partial charge in [0.15, 0.2) is 0 Å². The molecule has 70 valence electrons. The molecular formula is C8H11N3O2. The summed E-state index contributed by atoms with van der Waals surface area (Å²) in [7, 11) is 1.53. The Morgan fingerprint density at radius 3 is 2.77 bits per heavy atom. The van der Waals surface area contributed by atoms with E-state index in [9.17, 15) is 9.59 Å². The van der Waals surface area contributed by atoms with Gasteiger partial charge in [-0.1, -0.05) is 0 Å². The van der Waals surface area contributed by atoms with Crippen LogP contribution in [0.4, 0.5) is 0 Å². The third kappa shape index (κ3) is 2.33. The minimum absolute atomic E-state index is 0.380. The van der Waals surface area contributed by atoms with Gasteiger partial charge in [0, 0.05) is 26.0 Å². The van der Waals surface area contributed by atoms with Gasteiger partial charge in [-0.15, -0.1) is 0 Å². The SMILES string of the molecule is CN(Cc1cc[nH]c1)C(=O)C(N)=O. The second kappa shape index (κ2) is 3.75. The van der Waals surface area contributed by atoms with Crippen LogP contribution in [0.3, 0.4) is 0 Å². The quantitative estimate of drug-likeness (QED) is 0.601. The molecule has 0 bridgehead atoms. The van der Waals surface area contributed by atoms with Crippen molar-refractivity contribution in [2.24, 2.45) is 5.73 Å². The molecule has 1 rings (SSSR count). The molecule has 0 fully saturated rings. The number of primary amides is 1. The van der Waals surface area contributed by atoms with Crippen LogP contribution in [0.25, 0.3) is 0 Å². The summed E-state index contributed by atoms with van der Waals surface area (Å²) in [5, 5.41) is 0. The van der Waals surface area contributed by atoms with E-state index in [0.717, 1.165) is 5.56 Å². The lowest BCUT2D eigenvalue weighted by molar-refractivity contribution is -0.143. The number of amides is 2. The molecule has 0 aromatic carbocycles. The van der Waals surface area contributed by atoms with E-state index < -0.39 is 11.8 Å². The Kier molecular flexibility index (Phi) is 2.69. The molecule has 0 atom stereocenters. The summed E-state index contributed by atoms with van der Waals surface area (Å²) in [5.74, 6) is -1.61. The number of nitrogens with zero attached hydrogens (tertiary/aromatic N) is 1. The van der Waals surface area contributed by atoms with Crippen molar-refractivity contribution >= 4 is 11.8 Å². The maximum Gasteiger partial charge on any atom is 0.311 e. The van der Waals surface area contributed by atoms with E-state index in [4.69, 9.17) is 5.73 Å². The molecule has 1 aromatic heterocycles. The van der Waals surface area contributed by atoms with E-state index in [1.807, 2.05) is 6.07 Å². The fourth-order valence-corrected chi connectivity index (χ4v) is 0.991. The molecule has 1 heterocycles. The van der Waals surface area contributed by atoms with Gasteiger partial charge in [0.05, 0.1) is 0 Å². The monoisotopic (exact) mass is 181 g/mol. The van der Waals surface area contributed by atoms with Crippen LogP contribution in [-0.4, -0.2) is 28.7 Å². The first kappa shape index (κ1) is 9.31. The Bertz CT molecular complexity index is 305. The predicted molar refractivity (Wildman–Crippen MR) is 46.5 cm³/mol. The number of aromatic amines is 1. The van der Waals surface area contributed by atoms with Gasteiger partial charge in [0.2, 0.25) is 0 Å². The lowest BCUT2D eigenvalue weighted by Crippen LogP contribution is -2.37. The molecule has 1 aromatic rings. The molecule has 2 amide bonds. The molecule has 13 heavy (non-hydrogen) atoms. The highest BCUT2D eigenvalue weighted by molar-refractivity contribution is 6.34. The molecule has 0 aliphatic rings. The number of nitrogens with two attached hydrogens (primary N) is 1. The summed E-state index contributed by atoms with van der Waals surface area (Å²) in [6.45, 7) is 0.380. The third-order valence-electron chi connectivity index (χ3n) is 1.64. The van der Waals surface area contributed by atoms with Crippen LogP contribution in [-0.2, 0) is 16.1 Å². The van der Waals surface area contributed by atoms with Crippen molar-refractivity contribution in [2.45, 2.75) is 6.54 Å². The zero-order valence-corrected chi connectivity index (χ0v) is 7.28. The Labute approximate surface area is 75.5 Å². The molecule has 0 saturated heterocycles. The van der Waals surface area contributed by atoms with Crippen LogP contribution in [0.15, 0.2) is 18.5 Å². The summed E-state index contributed by atoms with van der Waals surface area (Å²) in [6, 6.07) is 1.82. The van der Waals surface area contributed by atoms with Gasteiger partial charge in [-0.25, -0.2) is 0 Å². The van der Waals surface area contributed by atoms with E-state index in [1.165, 1.54) is 11.9 Å². The Morgan fingerprint density at radius 1 is 1.62 bits per heavy atom. The first-order valence-electron chi connectivity index (χ1n) is 3.78. The highest BCUT2D eigenvalue weighted by Gasteiger charge is 2.14. The standard InChI is InChI=1S/C8H11N3O2/c1-11(8(13)7(9)12)5-6-2-3-10-4-6/h2-4,10H,5H2,1H3,(H2,9,12). The lowest BCUT2D eigenvalue weighted by Gasteiger charge is -2.13. The minimum atomic E-state index is -0.932. The maximum absolute atomic E-state index is 11.0. The Morgan fingerprint density at radius 2 is 2.31 bits per heavy atom. The topological polar surface area (TPSA) is 79.2 Å². The number of aromatic nitrogens is 1. The average molecular weight is 181 g/mol. The zero-order valence-electron chi connectivity index (χ0n) is 7.28.